The van der Waals surface area contributed by atoms with Gasteiger partial charge in [0.2, 0.25) is 11.8 Å². The standard InChI is InChI=1S/C14H9ClN2O5/c15-7-2-1-6(17(20)21)5-8(7)16-13(18)11-9-3-4-10(22-9)12(11)14(16)19/h1-5,9-12H/t9-,10-,11-,12+/m0/s1. The second-order valence-electron chi connectivity index (χ2n) is 5.41. The van der Waals surface area contributed by atoms with Crippen molar-refractivity contribution in [2.75, 3.05) is 4.90 Å². The molecule has 22 heavy (non-hydrogen) atoms. The fourth-order valence-electron chi connectivity index (χ4n) is 3.33. The van der Waals surface area contributed by atoms with Crippen LogP contribution >= 0.6 is 11.6 Å². The Kier molecular flexibility index (Phi) is 2.67. The van der Waals surface area contributed by atoms with Crippen molar-refractivity contribution in [3.63, 3.8) is 0 Å². The molecule has 2 bridgehead atoms. The molecule has 0 N–H and O–H groups in total. The quantitative estimate of drug-likeness (QED) is 0.358. The van der Waals surface area contributed by atoms with Crippen LogP contribution in [0.2, 0.25) is 5.02 Å². The van der Waals surface area contributed by atoms with Gasteiger partial charge in [-0.2, -0.15) is 0 Å². The second-order valence-corrected chi connectivity index (χ2v) is 5.81. The van der Waals surface area contributed by atoms with Crippen LogP contribution in [0.15, 0.2) is 30.4 Å². The van der Waals surface area contributed by atoms with Crippen LogP contribution in [-0.4, -0.2) is 28.9 Å². The van der Waals surface area contributed by atoms with E-state index in [1.807, 2.05) is 0 Å². The highest BCUT2D eigenvalue weighted by atomic mass is 35.5. The molecule has 0 aliphatic carbocycles. The van der Waals surface area contributed by atoms with Gasteiger partial charge < -0.3 is 4.74 Å². The molecule has 2 saturated heterocycles. The van der Waals surface area contributed by atoms with Gasteiger partial charge in [-0.05, 0) is 6.07 Å². The summed E-state index contributed by atoms with van der Waals surface area (Å²) in [7, 11) is 0. The molecule has 1 aromatic rings. The molecular weight excluding hydrogens is 312 g/mol. The summed E-state index contributed by atoms with van der Waals surface area (Å²) < 4.78 is 5.54. The Hall–Kier alpha value is -2.25. The monoisotopic (exact) mass is 320 g/mol. The summed E-state index contributed by atoms with van der Waals surface area (Å²) in [6, 6.07) is 3.69. The van der Waals surface area contributed by atoms with E-state index in [0.717, 1.165) is 11.0 Å². The Balaban J connectivity index is 1.79. The molecule has 0 saturated carbocycles. The van der Waals surface area contributed by atoms with E-state index in [4.69, 9.17) is 16.3 Å². The Labute approximate surface area is 129 Å². The average molecular weight is 321 g/mol. The summed E-state index contributed by atoms with van der Waals surface area (Å²) in [4.78, 5) is 36.4. The van der Waals surface area contributed by atoms with Gasteiger partial charge in [-0.3, -0.25) is 19.7 Å². The highest BCUT2D eigenvalue weighted by Gasteiger charge is 2.61. The normalized spacial score (nSPS) is 32.0. The minimum Gasteiger partial charge on any atom is -0.365 e. The maximum Gasteiger partial charge on any atom is 0.271 e. The number of ether oxygens (including phenoxy) is 1. The number of nitrogens with zero attached hydrogens (tertiary/aromatic N) is 2. The molecule has 3 heterocycles. The van der Waals surface area contributed by atoms with E-state index in [0.29, 0.717) is 0 Å². The summed E-state index contributed by atoms with van der Waals surface area (Å²) in [6.45, 7) is 0. The molecule has 2 fully saturated rings. The lowest BCUT2D eigenvalue weighted by atomic mass is 9.85. The Morgan fingerprint density at radius 3 is 2.27 bits per heavy atom. The first kappa shape index (κ1) is 13.4. The van der Waals surface area contributed by atoms with Crippen LogP contribution in [0, 0.1) is 22.0 Å². The molecule has 112 valence electrons. The predicted octanol–water partition coefficient (Wildman–Crippen LogP) is 1.69. The van der Waals surface area contributed by atoms with Crippen molar-refractivity contribution in [1.82, 2.24) is 0 Å². The number of non-ortho nitro benzene ring substituents is 1. The number of amides is 2. The zero-order valence-electron chi connectivity index (χ0n) is 11.0. The van der Waals surface area contributed by atoms with Crippen molar-refractivity contribution in [2.24, 2.45) is 11.8 Å². The average Bonchev–Trinajstić information content (AvgIpc) is 3.14. The van der Waals surface area contributed by atoms with Crippen LogP contribution in [-0.2, 0) is 14.3 Å². The minimum absolute atomic E-state index is 0.0552. The molecule has 3 aliphatic heterocycles. The predicted molar refractivity (Wildman–Crippen MR) is 75.4 cm³/mol. The Morgan fingerprint density at radius 1 is 1.14 bits per heavy atom. The zero-order valence-corrected chi connectivity index (χ0v) is 11.8. The SMILES string of the molecule is O=C1[C@@H]2[C@H](C(=O)N1c1cc([N+](=O)[O-])ccc1Cl)[C@@H]1C=C[C@@H]2O1. The number of rotatable bonds is 2. The van der Waals surface area contributed by atoms with Crippen LogP contribution in [0.25, 0.3) is 0 Å². The van der Waals surface area contributed by atoms with Gasteiger partial charge in [0.05, 0.1) is 39.7 Å². The Bertz CT molecular complexity index is 732. The summed E-state index contributed by atoms with van der Waals surface area (Å²) in [5.41, 5.74) is -0.172. The molecular formula is C14H9ClN2O5. The van der Waals surface area contributed by atoms with Crippen molar-refractivity contribution >= 4 is 34.8 Å². The van der Waals surface area contributed by atoms with Crippen molar-refractivity contribution in [3.8, 4) is 0 Å². The van der Waals surface area contributed by atoms with Gasteiger partial charge >= 0.3 is 0 Å². The number of benzene rings is 1. The van der Waals surface area contributed by atoms with Crippen molar-refractivity contribution in [1.29, 1.82) is 0 Å². The van der Waals surface area contributed by atoms with Gasteiger partial charge in [-0.15, -0.1) is 0 Å². The van der Waals surface area contributed by atoms with Gasteiger partial charge in [0.1, 0.15) is 0 Å². The number of hydrogen-bond acceptors (Lipinski definition) is 5. The summed E-state index contributed by atoms with van der Waals surface area (Å²) in [5, 5.41) is 11.0. The number of fused-ring (bicyclic) bond motifs is 5. The second kappa shape index (κ2) is 4.37. The van der Waals surface area contributed by atoms with Crippen molar-refractivity contribution < 1.29 is 19.2 Å². The molecule has 0 radical (unpaired) electrons. The number of hydrogen-bond donors (Lipinski definition) is 0. The van der Waals surface area contributed by atoms with Crippen molar-refractivity contribution in [3.05, 3.63) is 45.5 Å². The van der Waals surface area contributed by atoms with E-state index in [-0.39, 0.29) is 16.4 Å². The first-order chi connectivity index (χ1) is 10.5. The molecule has 4 rings (SSSR count). The third kappa shape index (κ3) is 1.60. The number of carbonyl (C=O) groups is 2. The molecule has 0 aromatic heterocycles. The number of halogens is 1. The lowest BCUT2D eigenvalue weighted by Gasteiger charge is -2.18. The first-order valence-electron chi connectivity index (χ1n) is 6.64. The number of anilines is 1. The number of imide groups is 1. The van der Waals surface area contributed by atoms with Crippen LogP contribution < -0.4 is 4.90 Å². The van der Waals surface area contributed by atoms with Crippen LogP contribution in [0.1, 0.15) is 0 Å². The number of nitro benzene ring substituents is 1. The lowest BCUT2D eigenvalue weighted by Crippen LogP contribution is -2.34. The topological polar surface area (TPSA) is 89.8 Å². The van der Waals surface area contributed by atoms with Crippen molar-refractivity contribution in [2.45, 2.75) is 12.2 Å². The molecule has 2 amide bonds. The summed E-state index contributed by atoms with van der Waals surface area (Å²) in [6.07, 6.45) is 2.73. The van der Waals surface area contributed by atoms with Gasteiger partial charge in [0, 0.05) is 12.1 Å². The number of nitro groups is 1. The smallest absolute Gasteiger partial charge is 0.271 e. The molecule has 1 aromatic carbocycles. The van der Waals surface area contributed by atoms with E-state index in [1.54, 1.807) is 12.2 Å². The largest absolute Gasteiger partial charge is 0.365 e. The third-order valence-corrected chi connectivity index (χ3v) is 4.61. The third-order valence-electron chi connectivity index (χ3n) is 4.29. The minimum atomic E-state index is -0.597. The maximum atomic E-state index is 12.6. The molecule has 4 atom stereocenters. The van der Waals surface area contributed by atoms with E-state index in [2.05, 4.69) is 0 Å². The number of carbonyl (C=O) groups excluding carboxylic acids is 2. The summed E-state index contributed by atoms with van der Waals surface area (Å²) in [5.74, 6) is -1.99. The van der Waals surface area contributed by atoms with Crippen LogP contribution in [0.5, 0.6) is 0 Å². The molecule has 3 aliphatic rings. The van der Waals surface area contributed by atoms with E-state index >= 15 is 0 Å². The fourth-order valence-corrected chi connectivity index (χ4v) is 3.53. The van der Waals surface area contributed by atoms with E-state index in [1.165, 1.54) is 12.1 Å². The molecule has 8 heteroatoms. The van der Waals surface area contributed by atoms with Gasteiger partial charge in [-0.1, -0.05) is 23.8 Å². The lowest BCUT2D eigenvalue weighted by molar-refractivity contribution is -0.384. The van der Waals surface area contributed by atoms with Crippen LogP contribution in [0.4, 0.5) is 11.4 Å². The maximum absolute atomic E-state index is 12.6. The van der Waals surface area contributed by atoms with Crippen LogP contribution in [0.3, 0.4) is 0 Å². The molecule has 7 nitrogen and oxygen atoms in total. The van der Waals surface area contributed by atoms with Gasteiger partial charge in [0.25, 0.3) is 5.69 Å². The fraction of sp³-hybridized carbons (Fsp3) is 0.286. The summed E-state index contributed by atoms with van der Waals surface area (Å²) >= 11 is 6.04. The molecule has 0 unspecified atom stereocenters. The highest BCUT2D eigenvalue weighted by Crippen LogP contribution is 2.47. The zero-order chi connectivity index (χ0) is 15.6. The van der Waals surface area contributed by atoms with Gasteiger partial charge in [-0.25, -0.2) is 4.90 Å². The van der Waals surface area contributed by atoms with E-state index < -0.39 is 40.8 Å². The first-order valence-corrected chi connectivity index (χ1v) is 7.02. The molecule has 0 spiro atoms. The Morgan fingerprint density at radius 2 is 1.73 bits per heavy atom. The highest BCUT2D eigenvalue weighted by molar-refractivity contribution is 6.36. The van der Waals surface area contributed by atoms with E-state index in [9.17, 15) is 19.7 Å². The van der Waals surface area contributed by atoms with Gasteiger partial charge in [0.15, 0.2) is 0 Å².